The number of carboxylic acids is 1. The highest BCUT2D eigenvalue weighted by atomic mass is 35.5. The number of anilines is 1. The van der Waals surface area contributed by atoms with Gasteiger partial charge in [0.05, 0.1) is 23.4 Å². The molecule has 1 amide bonds. The molecule has 20 heavy (non-hydrogen) atoms. The molecule has 0 aromatic heterocycles. The van der Waals surface area contributed by atoms with E-state index < -0.39 is 5.97 Å². The summed E-state index contributed by atoms with van der Waals surface area (Å²) in [5, 5.41) is 11.8. The van der Waals surface area contributed by atoms with Gasteiger partial charge in [-0.3, -0.25) is 4.79 Å². The molecule has 1 rings (SSSR count). The molecule has 0 unspecified atom stereocenters. The van der Waals surface area contributed by atoms with Crippen molar-refractivity contribution in [1.29, 1.82) is 0 Å². The molecule has 0 saturated heterocycles. The molecule has 1 aromatic rings. The number of carbonyl (C=O) groups excluding carboxylic acids is 1. The lowest BCUT2D eigenvalue weighted by Crippen LogP contribution is -2.14. The fourth-order valence-corrected chi connectivity index (χ4v) is 1.95. The second kappa shape index (κ2) is 7.14. The van der Waals surface area contributed by atoms with Crippen LogP contribution >= 0.6 is 11.6 Å². The molecule has 0 aliphatic heterocycles. The smallest absolute Gasteiger partial charge is 0.335 e. The molecule has 110 valence electrons. The molecule has 0 saturated carbocycles. The van der Waals surface area contributed by atoms with Crippen LogP contribution in [0.5, 0.6) is 5.75 Å². The van der Waals surface area contributed by atoms with Crippen LogP contribution in [0.25, 0.3) is 0 Å². The predicted octanol–water partition coefficient (Wildman–Crippen LogP) is 3.42. The van der Waals surface area contributed by atoms with Crippen LogP contribution in [0.2, 0.25) is 5.02 Å². The van der Waals surface area contributed by atoms with Crippen LogP contribution in [0.3, 0.4) is 0 Å². The molecule has 0 radical (unpaired) electrons. The predicted molar refractivity (Wildman–Crippen MR) is 77.7 cm³/mol. The van der Waals surface area contributed by atoms with Crippen molar-refractivity contribution in [1.82, 2.24) is 0 Å². The maximum absolute atomic E-state index is 11.8. The number of carboxylic acid groups (broad SMARTS) is 1. The van der Waals surface area contributed by atoms with E-state index in [1.54, 1.807) is 0 Å². The normalized spacial score (nSPS) is 10.4. The van der Waals surface area contributed by atoms with E-state index in [1.165, 1.54) is 19.2 Å². The Balaban J connectivity index is 2.97. The van der Waals surface area contributed by atoms with Crippen molar-refractivity contribution < 1.29 is 19.4 Å². The summed E-state index contributed by atoms with van der Waals surface area (Å²) >= 11 is 5.95. The molecule has 0 bridgehead atoms. The van der Waals surface area contributed by atoms with Crippen LogP contribution in [-0.4, -0.2) is 24.1 Å². The number of aromatic carboxylic acids is 1. The minimum absolute atomic E-state index is 0.00467. The van der Waals surface area contributed by atoms with Crippen molar-refractivity contribution in [3.8, 4) is 5.75 Å². The monoisotopic (exact) mass is 299 g/mol. The topological polar surface area (TPSA) is 75.6 Å². The zero-order valence-corrected chi connectivity index (χ0v) is 12.5. The van der Waals surface area contributed by atoms with Crippen molar-refractivity contribution in [3.63, 3.8) is 0 Å². The van der Waals surface area contributed by atoms with Gasteiger partial charge in [-0.2, -0.15) is 0 Å². The average Bonchev–Trinajstić information content (AvgIpc) is 2.35. The van der Waals surface area contributed by atoms with Crippen molar-refractivity contribution >= 4 is 29.2 Å². The summed E-state index contributed by atoms with van der Waals surface area (Å²) in [6.45, 7) is 4.05. The third-order valence-electron chi connectivity index (χ3n) is 2.72. The summed E-state index contributed by atoms with van der Waals surface area (Å²) in [4.78, 5) is 22.8. The lowest BCUT2D eigenvalue weighted by Gasteiger charge is -2.13. The molecule has 0 heterocycles. The largest absolute Gasteiger partial charge is 0.493 e. The summed E-state index contributed by atoms with van der Waals surface area (Å²) in [6, 6.07) is 2.62. The van der Waals surface area contributed by atoms with Crippen molar-refractivity contribution in [3.05, 3.63) is 22.7 Å². The van der Waals surface area contributed by atoms with Crippen molar-refractivity contribution in [2.24, 2.45) is 5.92 Å². The first kappa shape index (κ1) is 16.3. The molecule has 1 aromatic carbocycles. The number of ether oxygens (including phenoxy) is 1. The van der Waals surface area contributed by atoms with Gasteiger partial charge in [0.25, 0.3) is 0 Å². The Hall–Kier alpha value is -1.75. The van der Waals surface area contributed by atoms with Gasteiger partial charge in [-0.1, -0.05) is 25.4 Å². The SMILES string of the molecule is COc1c(Cl)cc(C(=O)O)cc1NC(=O)CCC(C)C. The average molecular weight is 300 g/mol. The van der Waals surface area contributed by atoms with Crippen molar-refractivity contribution in [2.75, 3.05) is 12.4 Å². The van der Waals surface area contributed by atoms with Crippen LogP contribution in [0, 0.1) is 5.92 Å². The maximum Gasteiger partial charge on any atom is 0.335 e. The third kappa shape index (κ3) is 4.42. The lowest BCUT2D eigenvalue weighted by atomic mass is 10.1. The van der Waals surface area contributed by atoms with E-state index in [-0.39, 0.29) is 27.9 Å². The number of methoxy groups -OCH3 is 1. The fraction of sp³-hybridized carbons (Fsp3) is 0.429. The second-order valence-electron chi connectivity index (χ2n) is 4.82. The van der Waals surface area contributed by atoms with Crippen LogP contribution in [0.4, 0.5) is 5.69 Å². The van der Waals surface area contributed by atoms with E-state index in [0.717, 1.165) is 6.42 Å². The standard InChI is InChI=1S/C14H18ClNO4/c1-8(2)4-5-12(17)16-11-7-9(14(18)19)6-10(15)13(11)20-3/h6-8H,4-5H2,1-3H3,(H,16,17)(H,18,19). The van der Waals surface area contributed by atoms with Crippen molar-refractivity contribution in [2.45, 2.75) is 26.7 Å². The van der Waals surface area contributed by atoms with E-state index in [1.807, 2.05) is 13.8 Å². The molecule has 0 aliphatic rings. The lowest BCUT2D eigenvalue weighted by molar-refractivity contribution is -0.116. The number of hydrogen-bond acceptors (Lipinski definition) is 3. The summed E-state index contributed by atoms with van der Waals surface area (Å²) in [6.07, 6.45) is 1.11. The van der Waals surface area contributed by atoms with Gasteiger partial charge in [-0.05, 0) is 24.5 Å². The zero-order valence-electron chi connectivity index (χ0n) is 11.7. The maximum atomic E-state index is 11.8. The van der Waals surface area contributed by atoms with E-state index in [0.29, 0.717) is 12.3 Å². The fourth-order valence-electron chi connectivity index (χ4n) is 1.65. The van der Waals surface area contributed by atoms with E-state index in [9.17, 15) is 9.59 Å². The van der Waals surface area contributed by atoms with E-state index in [4.69, 9.17) is 21.4 Å². The number of benzene rings is 1. The molecule has 0 fully saturated rings. The van der Waals surface area contributed by atoms with Crippen LogP contribution in [-0.2, 0) is 4.79 Å². The Labute approximate surface area is 122 Å². The van der Waals surface area contributed by atoms with E-state index >= 15 is 0 Å². The number of rotatable bonds is 6. The first-order chi connectivity index (χ1) is 9.35. The summed E-state index contributed by atoms with van der Waals surface area (Å²) in [7, 11) is 1.41. The molecule has 0 atom stereocenters. The highest BCUT2D eigenvalue weighted by Crippen LogP contribution is 2.34. The van der Waals surface area contributed by atoms with Gasteiger partial charge in [-0.15, -0.1) is 0 Å². The summed E-state index contributed by atoms with van der Waals surface area (Å²) in [5.41, 5.74) is 0.265. The minimum Gasteiger partial charge on any atom is -0.493 e. The molecule has 2 N–H and O–H groups in total. The highest BCUT2D eigenvalue weighted by Gasteiger charge is 2.16. The number of halogens is 1. The highest BCUT2D eigenvalue weighted by molar-refractivity contribution is 6.33. The van der Waals surface area contributed by atoms with E-state index in [2.05, 4.69) is 5.32 Å². The Morgan fingerprint density at radius 2 is 2.05 bits per heavy atom. The molecule has 0 spiro atoms. The summed E-state index contributed by atoms with van der Waals surface area (Å²) in [5.74, 6) is -0.644. The second-order valence-corrected chi connectivity index (χ2v) is 5.23. The van der Waals surface area contributed by atoms with Gasteiger partial charge >= 0.3 is 5.97 Å². The van der Waals surface area contributed by atoms with Gasteiger partial charge in [0.1, 0.15) is 0 Å². The molecule has 6 heteroatoms. The molecular formula is C14H18ClNO4. The van der Waals surface area contributed by atoms with Gasteiger partial charge in [0.15, 0.2) is 5.75 Å². The molecule has 0 aliphatic carbocycles. The number of nitrogens with one attached hydrogen (secondary N) is 1. The number of amides is 1. The molecular weight excluding hydrogens is 282 g/mol. The quantitative estimate of drug-likeness (QED) is 0.844. The Bertz CT molecular complexity index is 514. The Morgan fingerprint density at radius 3 is 2.55 bits per heavy atom. The summed E-state index contributed by atoms with van der Waals surface area (Å²) < 4.78 is 5.10. The van der Waals surface area contributed by atoms with Crippen LogP contribution in [0.15, 0.2) is 12.1 Å². The first-order valence-corrected chi connectivity index (χ1v) is 6.63. The van der Waals surface area contributed by atoms with Gasteiger partial charge in [0, 0.05) is 6.42 Å². The van der Waals surface area contributed by atoms with Crippen LogP contribution in [0.1, 0.15) is 37.0 Å². The molecule has 5 nitrogen and oxygen atoms in total. The number of hydrogen-bond donors (Lipinski definition) is 2. The number of carbonyl (C=O) groups is 2. The van der Waals surface area contributed by atoms with Gasteiger partial charge < -0.3 is 15.2 Å². The van der Waals surface area contributed by atoms with Gasteiger partial charge in [0.2, 0.25) is 5.91 Å². The Morgan fingerprint density at radius 1 is 1.40 bits per heavy atom. The minimum atomic E-state index is -1.12. The third-order valence-corrected chi connectivity index (χ3v) is 3.00. The van der Waals surface area contributed by atoms with Gasteiger partial charge in [-0.25, -0.2) is 4.79 Å². The first-order valence-electron chi connectivity index (χ1n) is 6.25. The van der Waals surface area contributed by atoms with Crippen LogP contribution < -0.4 is 10.1 Å². The Kier molecular flexibility index (Phi) is 5.82. The zero-order chi connectivity index (χ0) is 15.3.